The van der Waals surface area contributed by atoms with Crippen molar-refractivity contribution in [1.82, 2.24) is 14.9 Å². The molecule has 3 aromatic carbocycles. The van der Waals surface area contributed by atoms with Crippen molar-refractivity contribution >= 4 is 28.7 Å². The first kappa shape index (κ1) is 21.1. The van der Waals surface area contributed by atoms with Crippen LogP contribution in [0.5, 0.6) is 0 Å². The smallest absolute Gasteiger partial charge is 0.340 e. The lowest BCUT2D eigenvalue weighted by Gasteiger charge is -2.13. The molecule has 0 atom stereocenters. The topological polar surface area (TPSA) is 85.2 Å². The highest BCUT2D eigenvalue weighted by molar-refractivity contribution is 6.00. The maximum Gasteiger partial charge on any atom is 0.340 e. The van der Waals surface area contributed by atoms with Crippen LogP contribution >= 0.6 is 0 Å². The van der Waals surface area contributed by atoms with E-state index in [0.29, 0.717) is 24.3 Å². The Kier molecular flexibility index (Phi) is 6.46. The molecular formula is C25H24N4O3. The van der Waals surface area contributed by atoms with Gasteiger partial charge in [0.05, 0.1) is 28.9 Å². The van der Waals surface area contributed by atoms with Gasteiger partial charge in [0.1, 0.15) is 5.82 Å². The molecule has 0 aliphatic rings. The Morgan fingerprint density at radius 1 is 0.938 bits per heavy atom. The molecule has 0 radical (unpaired) electrons. The molecule has 0 saturated heterocycles. The molecule has 2 N–H and O–H groups in total. The third-order valence-electron chi connectivity index (χ3n) is 4.98. The van der Waals surface area contributed by atoms with E-state index in [0.717, 1.165) is 22.4 Å². The number of carbonyl (C=O) groups excluding carboxylic acids is 2. The van der Waals surface area contributed by atoms with Crippen molar-refractivity contribution in [1.29, 1.82) is 0 Å². The largest absolute Gasteiger partial charge is 0.462 e. The second-order valence-electron chi connectivity index (χ2n) is 7.09. The van der Waals surface area contributed by atoms with Crippen LogP contribution in [0.25, 0.3) is 22.4 Å². The molecule has 1 heterocycles. The fourth-order valence-corrected chi connectivity index (χ4v) is 3.54. The molecule has 4 rings (SSSR count). The summed E-state index contributed by atoms with van der Waals surface area (Å²) in [4.78, 5) is 29.4. The molecule has 4 aromatic rings. The standard InChI is InChI=1S/C25H24N4O3/c1-2-32-24(30)19-12-6-7-13-20(19)28-25(31)26-16-17-29-22-15-9-8-14-21(22)27-23(29)18-10-4-3-5-11-18/h3-15H,2,16-17H2,1H3,(H2,26,28,31). The van der Waals surface area contributed by atoms with Gasteiger partial charge in [0, 0.05) is 18.7 Å². The number of rotatable bonds is 7. The van der Waals surface area contributed by atoms with E-state index in [1.54, 1.807) is 31.2 Å². The number of imidazole rings is 1. The highest BCUT2D eigenvalue weighted by Crippen LogP contribution is 2.24. The molecule has 0 unspecified atom stereocenters. The molecule has 0 fully saturated rings. The highest BCUT2D eigenvalue weighted by atomic mass is 16.5. The van der Waals surface area contributed by atoms with Gasteiger partial charge in [-0.1, -0.05) is 54.6 Å². The number of amides is 2. The van der Waals surface area contributed by atoms with Crippen molar-refractivity contribution < 1.29 is 14.3 Å². The fraction of sp³-hybridized carbons (Fsp3) is 0.160. The van der Waals surface area contributed by atoms with Gasteiger partial charge in [0.25, 0.3) is 0 Å². The number of benzene rings is 3. The molecule has 0 aliphatic heterocycles. The minimum atomic E-state index is -0.471. The number of urea groups is 1. The number of hydrogen-bond donors (Lipinski definition) is 2. The summed E-state index contributed by atoms with van der Waals surface area (Å²) in [5, 5.41) is 5.60. The lowest BCUT2D eigenvalue weighted by atomic mass is 10.2. The van der Waals surface area contributed by atoms with Crippen molar-refractivity contribution in [3.8, 4) is 11.4 Å². The van der Waals surface area contributed by atoms with Crippen LogP contribution in [-0.4, -0.2) is 34.7 Å². The SMILES string of the molecule is CCOC(=O)c1ccccc1NC(=O)NCCn1c(-c2ccccc2)nc2ccccc21. The van der Waals surface area contributed by atoms with Crippen LogP contribution in [0.3, 0.4) is 0 Å². The van der Waals surface area contributed by atoms with Crippen LogP contribution in [0.2, 0.25) is 0 Å². The van der Waals surface area contributed by atoms with Gasteiger partial charge in [-0.25, -0.2) is 14.6 Å². The summed E-state index contributed by atoms with van der Waals surface area (Å²) in [5.74, 6) is 0.377. The summed E-state index contributed by atoms with van der Waals surface area (Å²) in [6.07, 6.45) is 0. The zero-order valence-corrected chi connectivity index (χ0v) is 17.7. The lowest BCUT2D eigenvalue weighted by Crippen LogP contribution is -2.32. The maximum atomic E-state index is 12.5. The number of nitrogens with zero attached hydrogens (tertiary/aromatic N) is 2. The van der Waals surface area contributed by atoms with E-state index in [-0.39, 0.29) is 6.61 Å². The number of esters is 1. The van der Waals surface area contributed by atoms with E-state index in [9.17, 15) is 9.59 Å². The van der Waals surface area contributed by atoms with Crippen LogP contribution in [0, 0.1) is 0 Å². The van der Waals surface area contributed by atoms with Crippen molar-refractivity contribution in [2.24, 2.45) is 0 Å². The summed E-state index contributed by atoms with van der Waals surface area (Å²) in [7, 11) is 0. The Hall–Kier alpha value is -4.13. The molecule has 162 valence electrons. The monoisotopic (exact) mass is 428 g/mol. The van der Waals surface area contributed by atoms with Gasteiger partial charge in [0.15, 0.2) is 0 Å². The lowest BCUT2D eigenvalue weighted by molar-refractivity contribution is 0.0527. The predicted molar refractivity (Wildman–Crippen MR) is 125 cm³/mol. The average molecular weight is 428 g/mol. The molecular weight excluding hydrogens is 404 g/mol. The van der Waals surface area contributed by atoms with Gasteiger partial charge < -0.3 is 19.9 Å². The van der Waals surface area contributed by atoms with E-state index in [1.807, 2.05) is 54.6 Å². The van der Waals surface area contributed by atoms with Crippen LogP contribution in [0.15, 0.2) is 78.9 Å². The summed E-state index contributed by atoms with van der Waals surface area (Å²) in [6, 6.07) is 24.3. The van der Waals surface area contributed by atoms with Crippen LogP contribution in [0.4, 0.5) is 10.5 Å². The van der Waals surface area contributed by atoms with Crippen molar-refractivity contribution in [2.75, 3.05) is 18.5 Å². The number of ether oxygens (including phenoxy) is 1. The maximum absolute atomic E-state index is 12.5. The van der Waals surface area contributed by atoms with Gasteiger partial charge in [0.2, 0.25) is 0 Å². The number of fused-ring (bicyclic) bond motifs is 1. The Labute approximate surface area is 186 Å². The van der Waals surface area contributed by atoms with Crippen molar-refractivity contribution in [3.05, 3.63) is 84.4 Å². The highest BCUT2D eigenvalue weighted by Gasteiger charge is 2.15. The van der Waals surface area contributed by atoms with E-state index < -0.39 is 12.0 Å². The molecule has 0 saturated carbocycles. The average Bonchev–Trinajstić information content (AvgIpc) is 3.19. The first-order valence-corrected chi connectivity index (χ1v) is 10.5. The van der Waals surface area contributed by atoms with Crippen LogP contribution < -0.4 is 10.6 Å². The summed E-state index contributed by atoms with van der Waals surface area (Å²) in [5.41, 5.74) is 3.63. The van der Waals surface area contributed by atoms with Crippen LogP contribution in [0.1, 0.15) is 17.3 Å². The number of aromatic nitrogens is 2. The molecule has 2 amide bonds. The van der Waals surface area contributed by atoms with Gasteiger partial charge in [-0.05, 0) is 31.2 Å². The van der Waals surface area contributed by atoms with Gasteiger partial charge in [-0.2, -0.15) is 0 Å². The first-order chi connectivity index (χ1) is 15.7. The summed E-state index contributed by atoms with van der Waals surface area (Å²) in [6.45, 7) is 2.93. The predicted octanol–water partition coefficient (Wildman–Crippen LogP) is 4.70. The van der Waals surface area contributed by atoms with Crippen molar-refractivity contribution in [3.63, 3.8) is 0 Å². The molecule has 0 spiro atoms. The Balaban J connectivity index is 1.47. The van der Waals surface area contributed by atoms with Gasteiger partial charge >= 0.3 is 12.0 Å². The number of anilines is 1. The summed E-state index contributed by atoms with van der Waals surface area (Å²) < 4.78 is 7.15. The third-order valence-corrected chi connectivity index (χ3v) is 4.98. The second-order valence-corrected chi connectivity index (χ2v) is 7.09. The Bertz CT molecular complexity index is 1230. The van der Waals surface area contributed by atoms with Crippen molar-refractivity contribution in [2.45, 2.75) is 13.5 Å². The third kappa shape index (κ3) is 4.62. The zero-order chi connectivity index (χ0) is 22.3. The summed E-state index contributed by atoms with van der Waals surface area (Å²) >= 11 is 0. The fourth-order valence-electron chi connectivity index (χ4n) is 3.54. The Morgan fingerprint density at radius 2 is 1.66 bits per heavy atom. The van der Waals surface area contributed by atoms with E-state index in [2.05, 4.69) is 15.2 Å². The minimum Gasteiger partial charge on any atom is -0.462 e. The molecule has 7 nitrogen and oxygen atoms in total. The molecule has 0 aliphatic carbocycles. The van der Waals surface area contributed by atoms with E-state index >= 15 is 0 Å². The van der Waals surface area contributed by atoms with Crippen LogP contribution in [-0.2, 0) is 11.3 Å². The quantitative estimate of drug-likeness (QED) is 0.418. The molecule has 1 aromatic heterocycles. The van der Waals surface area contributed by atoms with Gasteiger partial charge in [-0.15, -0.1) is 0 Å². The number of carbonyl (C=O) groups is 2. The zero-order valence-electron chi connectivity index (χ0n) is 17.7. The van der Waals surface area contributed by atoms with E-state index in [1.165, 1.54) is 0 Å². The normalized spacial score (nSPS) is 10.7. The van der Waals surface area contributed by atoms with Gasteiger partial charge in [-0.3, -0.25) is 0 Å². The minimum absolute atomic E-state index is 0.266. The van der Waals surface area contributed by atoms with E-state index in [4.69, 9.17) is 9.72 Å². The Morgan fingerprint density at radius 3 is 2.47 bits per heavy atom. The number of nitrogens with one attached hydrogen (secondary N) is 2. The first-order valence-electron chi connectivity index (χ1n) is 10.5. The number of hydrogen-bond acceptors (Lipinski definition) is 4. The molecule has 32 heavy (non-hydrogen) atoms. The molecule has 7 heteroatoms. The number of para-hydroxylation sites is 3. The molecule has 0 bridgehead atoms. The second kappa shape index (κ2) is 9.78.